The molecular formula is C31H36FN3O5S. The summed E-state index contributed by atoms with van der Waals surface area (Å²) in [4.78, 5) is 28.6. The second-order valence-corrected chi connectivity index (χ2v) is 12.0. The van der Waals surface area contributed by atoms with Crippen molar-refractivity contribution in [3.8, 4) is 5.75 Å². The van der Waals surface area contributed by atoms with Crippen LogP contribution in [0.15, 0.2) is 83.8 Å². The van der Waals surface area contributed by atoms with Crippen LogP contribution in [0.25, 0.3) is 0 Å². The monoisotopic (exact) mass is 581 g/mol. The number of amides is 2. The average Bonchev–Trinajstić information content (AvgIpc) is 3.00. The minimum Gasteiger partial charge on any atom is -0.497 e. The molecule has 0 heterocycles. The first kappa shape index (κ1) is 30.0. The van der Waals surface area contributed by atoms with E-state index in [9.17, 15) is 22.4 Å². The number of carbonyl (C=O) groups excluding carboxylic acids is 2. The fraction of sp³-hybridized carbons (Fsp3) is 0.355. The SMILES string of the molecule is COc1ccc(CN(C(=O)CN(c2ccccc2F)S(=O)(=O)c2ccccc2)C(C)C(=O)NC2CCCCC2)cc1. The Morgan fingerprint density at radius 2 is 1.59 bits per heavy atom. The molecule has 1 N–H and O–H groups in total. The number of nitrogens with zero attached hydrogens (tertiary/aromatic N) is 2. The number of hydrogen-bond donors (Lipinski definition) is 1. The van der Waals surface area contributed by atoms with E-state index < -0.39 is 34.3 Å². The Kier molecular flexibility index (Phi) is 9.99. The van der Waals surface area contributed by atoms with Gasteiger partial charge in [-0.3, -0.25) is 13.9 Å². The van der Waals surface area contributed by atoms with E-state index in [1.807, 2.05) is 0 Å². The van der Waals surface area contributed by atoms with E-state index >= 15 is 0 Å². The molecule has 1 unspecified atom stereocenters. The number of carbonyl (C=O) groups is 2. The maximum Gasteiger partial charge on any atom is 0.264 e. The molecule has 8 nitrogen and oxygen atoms in total. The summed E-state index contributed by atoms with van der Waals surface area (Å²) in [5, 5.41) is 3.06. The van der Waals surface area contributed by atoms with Crippen LogP contribution in [0.5, 0.6) is 5.75 Å². The number of ether oxygens (including phenoxy) is 1. The van der Waals surface area contributed by atoms with Gasteiger partial charge in [0.05, 0.1) is 17.7 Å². The van der Waals surface area contributed by atoms with Crippen molar-refractivity contribution < 1.29 is 27.1 Å². The molecule has 3 aromatic rings. The number of nitrogens with one attached hydrogen (secondary N) is 1. The van der Waals surface area contributed by atoms with Gasteiger partial charge in [0, 0.05) is 12.6 Å². The van der Waals surface area contributed by atoms with Gasteiger partial charge in [0.25, 0.3) is 10.0 Å². The number of benzene rings is 3. The Hall–Kier alpha value is -3.92. The van der Waals surface area contributed by atoms with Crippen molar-refractivity contribution in [2.24, 2.45) is 0 Å². The zero-order valence-corrected chi connectivity index (χ0v) is 24.1. The summed E-state index contributed by atoms with van der Waals surface area (Å²) in [5.41, 5.74) is 0.466. The Labute approximate surface area is 241 Å². The van der Waals surface area contributed by atoms with E-state index in [0.29, 0.717) is 5.75 Å². The molecule has 0 saturated heterocycles. The summed E-state index contributed by atoms with van der Waals surface area (Å²) in [6.45, 7) is 0.965. The topological polar surface area (TPSA) is 96.0 Å². The highest BCUT2D eigenvalue weighted by Gasteiger charge is 2.34. The third-order valence-corrected chi connectivity index (χ3v) is 9.14. The minimum absolute atomic E-state index is 0.0324. The van der Waals surface area contributed by atoms with Crippen LogP contribution in [0.2, 0.25) is 0 Å². The summed E-state index contributed by atoms with van der Waals surface area (Å²) in [6.07, 6.45) is 4.94. The van der Waals surface area contributed by atoms with Crippen molar-refractivity contribution >= 4 is 27.5 Å². The molecule has 0 radical (unpaired) electrons. The van der Waals surface area contributed by atoms with E-state index in [1.165, 1.54) is 35.2 Å². The van der Waals surface area contributed by atoms with Crippen LogP contribution in [-0.4, -0.2) is 50.9 Å². The lowest BCUT2D eigenvalue weighted by Crippen LogP contribution is -2.53. The number of methoxy groups -OCH3 is 1. The molecule has 0 aromatic heterocycles. The zero-order chi connectivity index (χ0) is 29.4. The molecule has 0 bridgehead atoms. The van der Waals surface area contributed by atoms with Crippen LogP contribution in [0.3, 0.4) is 0 Å². The van der Waals surface area contributed by atoms with Crippen LogP contribution in [0.4, 0.5) is 10.1 Å². The lowest BCUT2D eigenvalue weighted by Gasteiger charge is -2.33. The molecule has 10 heteroatoms. The first-order valence-corrected chi connectivity index (χ1v) is 15.2. The second kappa shape index (κ2) is 13.6. The van der Waals surface area contributed by atoms with Crippen LogP contribution < -0.4 is 14.4 Å². The minimum atomic E-state index is -4.33. The zero-order valence-electron chi connectivity index (χ0n) is 23.3. The summed E-state index contributed by atoms with van der Waals surface area (Å²) in [7, 11) is -2.78. The smallest absolute Gasteiger partial charge is 0.264 e. The highest BCUT2D eigenvalue weighted by Crippen LogP contribution is 2.27. The summed E-state index contributed by atoms with van der Waals surface area (Å²) < 4.78 is 48.5. The molecule has 4 rings (SSSR count). The summed E-state index contributed by atoms with van der Waals surface area (Å²) >= 11 is 0. The van der Waals surface area contributed by atoms with Crippen molar-refractivity contribution in [3.63, 3.8) is 0 Å². The summed E-state index contributed by atoms with van der Waals surface area (Å²) in [6, 6.07) is 19.1. The number of halogens is 1. The third kappa shape index (κ3) is 7.43. The first-order valence-electron chi connectivity index (χ1n) is 13.8. The van der Waals surface area contributed by atoms with Crippen molar-refractivity contribution in [1.29, 1.82) is 0 Å². The molecule has 2 amide bonds. The number of rotatable bonds is 11. The van der Waals surface area contributed by atoms with Crippen LogP contribution >= 0.6 is 0 Å². The van der Waals surface area contributed by atoms with Gasteiger partial charge in [0.15, 0.2) is 0 Å². The van der Waals surface area contributed by atoms with Gasteiger partial charge < -0.3 is 15.0 Å². The number of hydrogen-bond acceptors (Lipinski definition) is 5. The van der Waals surface area contributed by atoms with Crippen LogP contribution in [-0.2, 0) is 26.2 Å². The van der Waals surface area contributed by atoms with E-state index in [1.54, 1.807) is 56.5 Å². The molecule has 3 aromatic carbocycles. The van der Waals surface area contributed by atoms with Gasteiger partial charge in [0.2, 0.25) is 11.8 Å². The fourth-order valence-corrected chi connectivity index (χ4v) is 6.41. The van der Waals surface area contributed by atoms with Crippen molar-refractivity contribution in [1.82, 2.24) is 10.2 Å². The van der Waals surface area contributed by atoms with Crippen LogP contribution in [0, 0.1) is 5.82 Å². The van der Waals surface area contributed by atoms with Crippen LogP contribution in [0.1, 0.15) is 44.6 Å². The molecule has 41 heavy (non-hydrogen) atoms. The third-order valence-electron chi connectivity index (χ3n) is 7.36. The molecule has 1 fully saturated rings. The highest BCUT2D eigenvalue weighted by atomic mass is 32.2. The summed E-state index contributed by atoms with van der Waals surface area (Å²) in [5.74, 6) is -1.11. The standard InChI is InChI=1S/C31H36FN3O5S/c1-23(31(37)33-25-11-5-3-6-12-25)34(21-24-17-19-26(40-2)20-18-24)30(36)22-35(29-16-10-9-15-28(29)32)41(38,39)27-13-7-4-8-14-27/h4,7-10,13-20,23,25H,3,5-6,11-12,21-22H2,1-2H3,(H,33,37). The predicted molar refractivity (Wildman–Crippen MR) is 155 cm³/mol. The van der Waals surface area contributed by atoms with E-state index in [-0.39, 0.29) is 29.1 Å². The molecule has 1 aliphatic carbocycles. The van der Waals surface area contributed by atoms with Gasteiger partial charge in [-0.2, -0.15) is 0 Å². The Morgan fingerprint density at radius 1 is 0.951 bits per heavy atom. The molecule has 1 aliphatic rings. The maximum absolute atomic E-state index is 15.0. The molecule has 218 valence electrons. The van der Waals surface area contributed by atoms with Gasteiger partial charge in [-0.25, -0.2) is 12.8 Å². The Bertz CT molecular complexity index is 1430. The molecule has 1 saturated carbocycles. The number of para-hydroxylation sites is 1. The predicted octanol–water partition coefficient (Wildman–Crippen LogP) is 4.90. The molecule has 0 spiro atoms. The highest BCUT2D eigenvalue weighted by molar-refractivity contribution is 7.92. The lowest BCUT2D eigenvalue weighted by atomic mass is 9.95. The van der Waals surface area contributed by atoms with E-state index in [0.717, 1.165) is 48.0 Å². The van der Waals surface area contributed by atoms with E-state index in [2.05, 4.69) is 5.32 Å². The van der Waals surface area contributed by atoms with Gasteiger partial charge in [0.1, 0.15) is 24.2 Å². The quantitative estimate of drug-likeness (QED) is 0.348. The molecular weight excluding hydrogens is 545 g/mol. The second-order valence-electron chi connectivity index (χ2n) is 10.2. The maximum atomic E-state index is 15.0. The average molecular weight is 582 g/mol. The largest absolute Gasteiger partial charge is 0.497 e. The first-order chi connectivity index (χ1) is 19.7. The molecule has 1 atom stereocenters. The Morgan fingerprint density at radius 3 is 2.22 bits per heavy atom. The molecule has 0 aliphatic heterocycles. The van der Waals surface area contributed by atoms with Gasteiger partial charge in [-0.1, -0.05) is 61.7 Å². The lowest BCUT2D eigenvalue weighted by molar-refractivity contribution is -0.139. The normalized spacial score (nSPS) is 14.6. The van der Waals surface area contributed by atoms with Gasteiger partial charge in [-0.05, 0) is 61.7 Å². The Balaban J connectivity index is 1.67. The number of anilines is 1. The number of sulfonamides is 1. The fourth-order valence-electron chi connectivity index (χ4n) is 4.97. The van der Waals surface area contributed by atoms with Crippen molar-refractivity contribution in [2.75, 3.05) is 18.0 Å². The van der Waals surface area contributed by atoms with Crippen molar-refractivity contribution in [3.05, 3.63) is 90.2 Å². The van der Waals surface area contributed by atoms with Gasteiger partial charge >= 0.3 is 0 Å². The van der Waals surface area contributed by atoms with Gasteiger partial charge in [-0.15, -0.1) is 0 Å². The van der Waals surface area contributed by atoms with E-state index in [4.69, 9.17) is 4.74 Å². The van der Waals surface area contributed by atoms with Crippen molar-refractivity contribution in [2.45, 2.75) is 62.6 Å².